The Balaban J connectivity index is 0.00000465. The maximum atomic E-state index is 6.51. The summed E-state index contributed by atoms with van der Waals surface area (Å²) in [5.74, 6) is 2.09. The van der Waals surface area contributed by atoms with Crippen molar-refractivity contribution in [1.82, 2.24) is 9.55 Å². The third-order valence-electron chi connectivity index (χ3n) is 10.6. The van der Waals surface area contributed by atoms with Gasteiger partial charge in [0, 0.05) is 55.4 Å². The van der Waals surface area contributed by atoms with Gasteiger partial charge in [0.05, 0.1) is 0 Å². The van der Waals surface area contributed by atoms with E-state index < -0.39 is 0 Å². The van der Waals surface area contributed by atoms with Crippen LogP contribution in [0.2, 0.25) is 0 Å². The largest absolute Gasteiger partial charge is 0.509 e. The third-order valence-corrected chi connectivity index (χ3v) is 10.6. The molecule has 0 unspecified atom stereocenters. The first-order valence-corrected chi connectivity index (χ1v) is 18.7. The molecule has 0 saturated carbocycles. The minimum atomic E-state index is -0.128. The van der Waals surface area contributed by atoms with Crippen molar-refractivity contribution in [3.05, 3.63) is 175 Å². The van der Waals surface area contributed by atoms with Gasteiger partial charge in [-0.05, 0) is 81.2 Å². The summed E-state index contributed by atoms with van der Waals surface area (Å²) < 4.78 is 8.73. The first kappa shape index (κ1) is 38.2. The fraction of sp³-hybridized carbons (Fsp3) is 0.224. The molecule has 3 heterocycles. The van der Waals surface area contributed by atoms with E-state index in [1.807, 2.05) is 36.7 Å². The molecule has 282 valence electrons. The Labute approximate surface area is 340 Å². The van der Waals surface area contributed by atoms with E-state index in [1.54, 1.807) is 0 Å². The summed E-state index contributed by atoms with van der Waals surface area (Å²) in [6, 6.07) is 47.7. The van der Waals surface area contributed by atoms with Gasteiger partial charge in [-0.2, -0.15) is 12.1 Å². The van der Waals surface area contributed by atoms with E-state index in [-0.39, 0.29) is 37.3 Å². The van der Waals surface area contributed by atoms with E-state index in [0.29, 0.717) is 11.5 Å². The van der Waals surface area contributed by atoms with Gasteiger partial charge in [0.2, 0.25) is 0 Å². The molecule has 0 aliphatic carbocycles. The number of ether oxygens (including phenoxy) is 1. The molecule has 5 nitrogen and oxygen atoms in total. The summed E-state index contributed by atoms with van der Waals surface area (Å²) in [5.41, 5.74) is 8.91. The van der Waals surface area contributed by atoms with Crippen LogP contribution in [0.25, 0.3) is 27.6 Å². The number of anilines is 2. The van der Waals surface area contributed by atoms with Crippen LogP contribution in [-0.2, 0) is 37.3 Å². The van der Waals surface area contributed by atoms with Crippen LogP contribution in [0, 0.1) is 18.8 Å². The molecule has 0 spiro atoms. The monoisotopic (exact) mass is 902 g/mol. The van der Waals surface area contributed by atoms with Gasteiger partial charge in [0.1, 0.15) is 5.82 Å². The molecule has 1 aliphatic rings. The average Bonchev–Trinajstić information content (AvgIpc) is 3.78. The predicted octanol–water partition coefficient (Wildman–Crippen LogP) is 12.4. The van der Waals surface area contributed by atoms with Crippen molar-refractivity contribution in [1.29, 1.82) is 0 Å². The Morgan fingerprint density at radius 1 is 0.582 bits per heavy atom. The van der Waals surface area contributed by atoms with Gasteiger partial charge in [-0.15, -0.1) is 48.1 Å². The van der Waals surface area contributed by atoms with Crippen molar-refractivity contribution in [3.63, 3.8) is 0 Å². The Morgan fingerprint density at radius 3 is 2.04 bits per heavy atom. The normalized spacial score (nSPS) is 13.5. The Hall–Kier alpha value is -5.12. The van der Waals surface area contributed by atoms with E-state index in [9.17, 15) is 0 Å². The van der Waals surface area contributed by atoms with Crippen molar-refractivity contribution >= 4 is 33.2 Å². The second kappa shape index (κ2) is 14.5. The zero-order chi connectivity index (χ0) is 37.8. The number of hydrogen-bond acceptors (Lipinski definition) is 4. The van der Waals surface area contributed by atoms with Gasteiger partial charge in [-0.3, -0.25) is 0 Å². The van der Waals surface area contributed by atoms with Crippen LogP contribution in [0.4, 0.5) is 11.4 Å². The number of rotatable bonds is 7. The zero-order valence-electron chi connectivity index (χ0n) is 32.8. The minimum Gasteiger partial charge on any atom is -0.509 e. The molecule has 2 aromatic heterocycles. The number of aromatic nitrogens is 2. The number of nitrogens with zero attached hydrogens (tertiary/aromatic N) is 4. The first-order chi connectivity index (χ1) is 25.8. The van der Waals surface area contributed by atoms with Crippen molar-refractivity contribution in [2.75, 3.05) is 9.80 Å². The van der Waals surface area contributed by atoms with Gasteiger partial charge in [0.15, 0.2) is 0 Å². The van der Waals surface area contributed by atoms with Gasteiger partial charge >= 0.3 is 0 Å². The molecule has 0 bridgehead atoms. The molecule has 7 aromatic rings. The van der Waals surface area contributed by atoms with Crippen molar-refractivity contribution < 1.29 is 25.8 Å². The molecular weight excluding hydrogens is 856 g/mol. The standard InChI is InChI=1S/C49H47N4O.Pt/c1-47(2,3)35-20-23-44-43(29-35)42-22-21-41(32-45(42)53(44)46-30-36(24-25-50-46)48(4,5)6)54-40-19-13-18-39(31-40)52-27-26-51(33-52)38-17-12-16-37(28-38)49(7,8)34-14-10-9-11-15-34;/h9-30,33H,1-8H3;/q-3;. The molecule has 6 heteroatoms. The second-order valence-electron chi connectivity index (χ2n) is 16.8. The van der Waals surface area contributed by atoms with Crippen molar-refractivity contribution in [3.8, 4) is 17.3 Å². The van der Waals surface area contributed by atoms with E-state index in [2.05, 4.69) is 186 Å². The van der Waals surface area contributed by atoms with E-state index in [1.165, 1.54) is 27.6 Å². The van der Waals surface area contributed by atoms with Crippen molar-refractivity contribution in [2.24, 2.45) is 0 Å². The van der Waals surface area contributed by atoms with Crippen LogP contribution in [0.1, 0.15) is 77.6 Å². The Kier molecular flexibility index (Phi) is 10.1. The molecule has 55 heavy (non-hydrogen) atoms. The molecule has 0 amide bonds. The second-order valence-corrected chi connectivity index (χ2v) is 16.8. The predicted molar refractivity (Wildman–Crippen MR) is 224 cm³/mol. The molecule has 8 rings (SSSR count). The Morgan fingerprint density at radius 2 is 1.27 bits per heavy atom. The maximum Gasteiger partial charge on any atom is 0.135 e. The summed E-state index contributed by atoms with van der Waals surface area (Å²) in [6.07, 6.45) is 6.03. The van der Waals surface area contributed by atoms with Crippen LogP contribution in [0.15, 0.2) is 134 Å². The smallest absolute Gasteiger partial charge is 0.135 e. The summed E-state index contributed by atoms with van der Waals surface area (Å²) in [5, 5.41) is 2.28. The van der Waals surface area contributed by atoms with Gasteiger partial charge in [-0.25, -0.2) is 4.98 Å². The third kappa shape index (κ3) is 7.47. The summed E-state index contributed by atoms with van der Waals surface area (Å²) in [6.45, 7) is 20.1. The molecule has 0 N–H and O–H groups in total. The molecule has 0 radical (unpaired) electrons. The Bertz CT molecular complexity index is 2520. The van der Waals surface area contributed by atoms with E-state index in [0.717, 1.165) is 33.6 Å². The van der Waals surface area contributed by atoms with Gasteiger partial charge < -0.3 is 19.1 Å². The molecule has 0 fully saturated rings. The quantitative estimate of drug-likeness (QED) is 0.149. The fourth-order valence-corrected chi connectivity index (χ4v) is 7.19. The number of fused-ring (bicyclic) bond motifs is 3. The van der Waals surface area contributed by atoms with E-state index >= 15 is 0 Å². The van der Waals surface area contributed by atoms with Crippen LogP contribution in [0.5, 0.6) is 11.5 Å². The average molecular weight is 903 g/mol. The van der Waals surface area contributed by atoms with Crippen LogP contribution in [0.3, 0.4) is 0 Å². The number of pyridine rings is 1. The molecule has 1 aliphatic heterocycles. The molecule has 0 saturated heterocycles. The first-order valence-electron chi connectivity index (χ1n) is 18.7. The van der Waals surface area contributed by atoms with E-state index in [4.69, 9.17) is 9.72 Å². The summed E-state index contributed by atoms with van der Waals surface area (Å²) in [7, 11) is 0. The summed E-state index contributed by atoms with van der Waals surface area (Å²) >= 11 is 0. The molecule has 0 atom stereocenters. The minimum absolute atomic E-state index is 0. The van der Waals surface area contributed by atoms with Gasteiger partial charge in [0.25, 0.3) is 0 Å². The van der Waals surface area contributed by atoms with Crippen LogP contribution < -0.4 is 14.5 Å². The van der Waals surface area contributed by atoms with Gasteiger partial charge in [-0.1, -0.05) is 116 Å². The molecular formula is C49H47N4OPt-3. The molecule has 5 aromatic carbocycles. The fourth-order valence-electron chi connectivity index (χ4n) is 7.19. The topological polar surface area (TPSA) is 33.5 Å². The van der Waals surface area contributed by atoms with Crippen molar-refractivity contribution in [2.45, 2.75) is 71.6 Å². The zero-order valence-corrected chi connectivity index (χ0v) is 35.1. The summed E-state index contributed by atoms with van der Waals surface area (Å²) in [4.78, 5) is 9.07. The van der Waals surface area contributed by atoms with Crippen LogP contribution in [-0.4, -0.2) is 9.55 Å². The maximum absolute atomic E-state index is 6.51. The number of hydrogen-bond donors (Lipinski definition) is 0. The number of benzene rings is 5. The SMILES string of the molecule is CC(C)(C)c1ccnc(-n2c3[c-]c(Oc4[c-]c(N5C=CN(c6cccc(C(C)(C)c7ccccc7)c6)[CH-]5)ccc4)ccc3c3cc(C(C)(C)C)ccc32)c1.[Pt]. The van der Waals surface area contributed by atoms with Crippen LogP contribution >= 0.6 is 0 Å².